The summed E-state index contributed by atoms with van der Waals surface area (Å²) >= 11 is 0. The van der Waals surface area contributed by atoms with Crippen LogP contribution in [0.3, 0.4) is 0 Å². The maximum atomic E-state index is 14.1. The quantitative estimate of drug-likeness (QED) is 0.527. The molecule has 158 valence electrons. The maximum Gasteiger partial charge on any atom is 0.415 e. The number of ether oxygens (including phenoxy) is 1. The molecule has 4 rings (SSSR count). The maximum absolute atomic E-state index is 14.1. The van der Waals surface area contributed by atoms with Gasteiger partial charge in [0.15, 0.2) is 23.0 Å². The van der Waals surface area contributed by atoms with Crippen LogP contribution in [0.25, 0.3) is 22.6 Å². The molecule has 0 radical (unpaired) electrons. The summed E-state index contributed by atoms with van der Waals surface area (Å²) in [5, 5.41) is 5.25. The fourth-order valence-electron chi connectivity index (χ4n) is 2.95. The van der Waals surface area contributed by atoms with Crippen LogP contribution < -0.4 is 10.5 Å². The normalized spacial score (nSPS) is 10.9. The van der Waals surface area contributed by atoms with E-state index in [9.17, 15) is 9.18 Å². The van der Waals surface area contributed by atoms with Gasteiger partial charge in [0.2, 0.25) is 0 Å². The van der Waals surface area contributed by atoms with Crippen LogP contribution in [0.15, 0.2) is 48.8 Å². The molecule has 4 aromatic rings. The van der Waals surface area contributed by atoms with Crippen LogP contribution in [-0.2, 0) is 6.54 Å². The summed E-state index contributed by atoms with van der Waals surface area (Å²) < 4.78 is 21.0. The van der Waals surface area contributed by atoms with Gasteiger partial charge in [-0.2, -0.15) is 5.10 Å². The minimum atomic E-state index is -0.561. The van der Waals surface area contributed by atoms with Crippen LogP contribution in [0.5, 0.6) is 5.75 Å². The lowest BCUT2D eigenvalue weighted by molar-refractivity contribution is 0.165. The Morgan fingerprint density at radius 3 is 2.77 bits per heavy atom. The molecule has 0 saturated carbocycles. The van der Waals surface area contributed by atoms with Crippen LogP contribution in [0.2, 0.25) is 0 Å². The van der Waals surface area contributed by atoms with Gasteiger partial charge in [-0.25, -0.2) is 28.8 Å². The van der Waals surface area contributed by atoms with E-state index in [1.54, 1.807) is 42.2 Å². The first-order valence-electron chi connectivity index (χ1n) is 9.58. The average molecular weight is 421 g/mol. The van der Waals surface area contributed by atoms with E-state index in [0.29, 0.717) is 28.8 Å². The predicted octanol–water partition coefficient (Wildman–Crippen LogP) is 3.11. The first kappa shape index (κ1) is 20.2. The number of halogens is 1. The molecule has 9 nitrogen and oxygen atoms in total. The lowest BCUT2D eigenvalue weighted by Crippen LogP contribution is -2.29. The van der Waals surface area contributed by atoms with Gasteiger partial charge < -0.3 is 15.4 Å². The third kappa shape index (κ3) is 4.00. The van der Waals surface area contributed by atoms with E-state index in [-0.39, 0.29) is 29.8 Å². The largest absolute Gasteiger partial charge is 0.415 e. The highest BCUT2D eigenvalue weighted by molar-refractivity contribution is 5.89. The number of fused-ring (bicyclic) bond motifs is 1. The molecule has 3 heterocycles. The summed E-state index contributed by atoms with van der Waals surface area (Å²) in [6.07, 6.45) is 2.40. The van der Waals surface area contributed by atoms with Crippen LogP contribution >= 0.6 is 0 Å². The average Bonchev–Trinajstić information content (AvgIpc) is 3.14. The van der Waals surface area contributed by atoms with Crippen LogP contribution in [0.1, 0.15) is 12.5 Å². The summed E-state index contributed by atoms with van der Waals surface area (Å²) in [6.45, 7) is 2.49. The number of pyridine rings is 1. The number of aromatic nitrogens is 5. The van der Waals surface area contributed by atoms with Gasteiger partial charge in [-0.05, 0) is 25.1 Å². The molecule has 31 heavy (non-hydrogen) atoms. The van der Waals surface area contributed by atoms with Gasteiger partial charge in [-0.3, -0.25) is 0 Å². The highest BCUT2D eigenvalue weighted by Gasteiger charge is 2.19. The number of rotatable bonds is 5. The van der Waals surface area contributed by atoms with Crippen molar-refractivity contribution in [3.8, 4) is 17.3 Å². The predicted molar refractivity (Wildman–Crippen MR) is 113 cm³/mol. The van der Waals surface area contributed by atoms with E-state index >= 15 is 0 Å². The standard InChI is InChI=1S/C21H20FN7O2/c1-3-28(2)21(30)31-16-11-25-19(26-18(16)23)17-14-8-6-10-24-20(14)29(27-17)12-13-7-4-5-9-15(13)22/h4-11H,3,12H2,1-2H3,(H2,23,25,26). The van der Waals surface area contributed by atoms with Crippen molar-refractivity contribution in [1.82, 2.24) is 29.6 Å². The monoisotopic (exact) mass is 421 g/mol. The lowest BCUT2D eigenvalue weighted by atomic mass is 10.2. The van der Waals surface area contributed by atoms with Crippen molar-refractivity contribution in [1.29, 1.82) is 0 Å². The van der Waals surface area contributed by atoms with Gasteiger partial charge in [0.25, 0.3) is 0 Å². The molecule has 10 heteroatoms. The molecule has 0 bridgehead atoms. The molecule has 1 amide bonds. The molecular weight excluding hydrogens is 401 g/mol. The first-order chi connectivity index (χ1) is 15.0. The zero-order valence-electron chi connectivity index (χ0n) is 17.0. The number of amides is 1. The molecule has 0 saturated heterocycles. The van der Waals surface area contributed by atoms with Gasteiger partial charge in [0.1, 0.15) is 11.5 Å². The Hall–Kier alpha value is -4.08. The van der Waals surface area contributed by atoms with Gasteiger partial charge in [0, 0.05) is 25.4 Å². The number of hydrogen-bond acceptors (Lipinski definition) is 7. The van der Waals surface area contributed by atoms with Crippen molar-refractivity contribution in [2.45, 2.75) is 13.5 Å². The van der Waals surface area contributed by atoms with E-state index < -0.39 is 6.09 Å². The number of carbonyl (C=O) groups excluding carboxylic acids is 1. The molecular formula is C21H20FN7O2. The van der Waals surface area contributed by atoms with E-state index in [1.807, 2.05) is 13.0 Å². The Morgan fingerprint density at radius 1 is 1.23 bits per heavy atom. The molecule has 3 aromatic heterocycles. The lowest BCUT2D eigenvalue weighted by Gasteiger charge is -2.14. The van der Waals surface area contributed by atoms with Crippen molar-refractivity contribution in [2.24, 2.45) is 0 Å². The Kier molecular flexibility index (Phi) is 5.44. The van der Waals surface area contributed by atoms with Gasteiger partial charge in [-0.15, -0.1) is 0 Å². The van der Waals surface area contributed by atoms with Gasteiger partial charge in [-0.1, -0.05) is 18.2 Å². The molecule has 1 aromatic carbocycles. The number of carbonyl (C=O) groups is 1. The second-order valence-electron chi connectivity index (χ2n) is 6.80. The van der Waals surface area contributed by atoms with E-state index in [4.69, 9.17) is 10.5 Å². The Morgan fingerprint density at radius 2 is 2.03 bits per heavy atom. The van der Waals surface area contributed by atoms with Gasteiger partial charge in [0.05, 0.1) is 18.1 Å². The van der Waals surface area contributed by atoms with Gasteiger partial charge >= 0.3 is 6.09 Å². The van der Waals surface area contributed by atoms with Crippen molar-refractivity contribution < 1.29 is 13.9 Å². The molecule has 0 atom stereocenters. The summed E-state index contributed by atoms with van der Waals surface area (Å²) in [7, 11) is 1.61. The second kappa shape index (κ2) is 8.34. The molecule has 0 spiro atoms. The zero-order valence-corrected chi connectivity index (χ0v) is 17.0. The third-order valence-electron chi connectivity index (χ3n) is 4.76. The van der Waals surface area contributed by atoms with Crippen molar-refractivity contribution in [2.75, 3.05) is 19.3 Å². The van der Waals surface area contributed by atoms with Crippen LogP contribution in [0, 0.1) is 5.82 Å². The summed E-state index contributed by atoms with van der Waals surface area (Å²) in [5.74, 6) is -0.0235. The first-order valence-corrected chi connectivity index (χ1v) is 9.58. The number of hydrogen-bond donors (Lipinski definition) is 1. The highest BCUT2D eigenvalue weighted by atomic mass is 19.1. The Labute approximate surface area is 177 Å². The zero-order chi connectivity index (χ0) is 22.0. The third-order valence-corrected chi connectivity index (χ3v) is 4.76. The Balaban J connectivity index is 1.71. The fraction of sp³-hybridized carbons (Fsp3) is 0.190. The smallest absolute Gasteiger partial charge is 0.405 e. The fourth-order valence-corrected chi connectivity index (χ4v) is 2.95. The van der Waals surface area contributed by atoms with Crippen LogP contribution in [0.4, 0.5) is 15.0 Å². The summed E-state index contributed by atoms with van der Waals surface area (Å²) in [6, 6.07) is 10.1. The number of nitrogens with two attached hydrogens (primary N) is 1. The number of benzene rings is 1. The minimum Gasteiger partial charge on any atom is -0.405 e. The molecule has 0 aliphatic rings. The van der Waals surface area contributed by atoms with Crippen LogP contribution in [-0.4, -0.2) is 49.3 Å². The van der Waals surface area contributed by atoms with E-state index in [0.717, 1.165) is 0 Å². The number of anilines is 1. The van der Waals surface area contributed by atoms with E-state index in [1.165, 1.54) is 17.2 Å². The molecule has 0 aliphatic heterocycles. The Bertz CT molecular complexity index is 1260. The van der Waals surface area contributed by atoms with E-state index in [2.05, 4.69) is 20.1 Å². The molecule has 0 fully saturated rings. The highest BCUT2D eigenvalue weighted by Crippen LogP contribution is 2.28. The number of nitrogen functional groups attached to an aromatic ring is 1. The summed E-state index contributed by atoms with van der Waals surface area (Å²) in [5.41, 5.74) is 7.47. The molecule has 0 aliphatic carbocycles. The van der Waals surface area contributed by atoms with Crippen molar-refractivity contribution in [3.63, 3.8) is 0 Å². The molecule has 0 unspecified atom stereocenters. The van der Waals surface area contributed by atoms with Crippen molar-refractivity contribution >= 4 is 22.9 Å². The minimum absolute atomic E-state index is 0.00328. The van der Waals surface area contributed by atoms with Crippen molar-refractivity contribution in [3.05, 3.63) is 60.2 Å². The topological polar surface area (TPSA) is 112 Å². The number of nitrogens with zero attached hydrogens (tertiary/aromatic N) is 6. The summed E-state index contributed by atoms with van der Waals surface area (Å²) in [4.78, 5) is 26.3. The SMILES string of the molecule is CCN(C)C(=O)Oc1cnc(-c2nn(Cc3ccccc3F)c3ncccc23)nc1N. The second-order valence-corrected chi connectivity index (χ2v) is 6.80. The molecule has 2 N–H and O–H groups in total.